The Labute approximate surface area is 144 Å². The Bertz CT molecular complexity index is 754. The fourth-order valence-electron chi connectivity index (χ4n) is 2.97. The molecule has 2 aromatic rings. The van der Waals surface area contributed by atoms with Gasteiger partial charge in [0.1, 0.15) is 13.2 Å². The van der Waals surface area contributed by atoms with Crippen LogP contribution in [0, 0.1) is 0 Å². The largest absolute Gasteiger partial charge is 0.486 e. The van der Waals surface area contributed by atoms with Gasteiger partial charge in [-0.25, -0.2) is 0 Å². The molecule has 0 atom stereocenters. The second kappa shape index (κ2) is 7.10. The van der Waals surface area contributed by atoms with Gasteiger partial charge in [0.15, 0.2) is 17.3 Å². The van der Waals surface area contributed by atoms with Gasteiger partial charge in [0.2, 0.25) is 5.89 Å². The number of carbonyl (C=O) groups is 1. The maximum Gasteiger partial charge on any atom is 0.255 e. The van der Waals surface area contributed by atoms with E-state index in [1.807, 2.05) is 0 Å². The Kier molecular flexibility index (Phi) is 4.51. The molecule has 3 heterocycles. The van der Waals surface area contributed by atoms with Crippen molar-refractivity contribution in [2.24, 2.45) is 0 Å². The van der Waals surface area contributed by atoms with Crippen LogP contribution in [0.3, 0.4) is 0 Å². The smallest absolute Gasteiger partial charge is 0.255 e. The van der Waals surface area contributed by atoms with Crippen LogP contribution in [0.5, 0.6) is 11.5 Å². The zero-order valence-electron chi connectivity index (χ0n) is 13.7. The van der Waals surface area contributed by atoms with E-state index >= 15 is 0 Å². The van der Waals surface area contributed by atoms with Crippen molar-refractivity contribution >= 4 is 5.91 Å². The number of nitrogens with one attached hydrogen (secondary N) is 1. The molecular formula is C17H19N3O5. The van der Waals surface area contributed by atoms with Crippen molar-refractivity contribution in [3.8, 4) is 11.5 Å². The summed E-state index contributed by atoms with van der Waals surface area (Å²) in [5, 5.41) is 6.81. The summed E-state index contributed by atoms with van der Waals surface area (Å²) < 4.78 is 21.6. The van der Waals surface area contributed by atoms with Crippen molar-refractivity contribution in [1.29, 1.82) is 0 Å². The summed E-state index contributed by atoms with van der Waals surface area (Å²) in [5.41, 5.74) is 0.432. The molecule has 0 radical (unpaired) electrons. The van der Waals surface area contributed by atoms with E-state index in [0.29, 0.717) is 55.2 Å². The average Bonchev–Trinajstić information content (AvgIpc) is 3.15. The number of para-hydroxylation sites is 1. The maximum absolute atomic E-state index is 12.4. The number of ether oxygens (including phenoxy) is 3. The van der Waals surface area contributed by atoms with E-state index in [9.17, 15) is 4.79 Å². The molecule has 132 valence electrons. The predicted molar refractivity (Wildman–Crippen MR) is 85.7 cm³/mol. The fourth-order valence-corrected chi connectivity index (χ4v) is 2.97. The summed E-state index contributed by atoms with van der Waals surface area (Å²) >= 11 is 0. The molecule has 1 amide bonds. The van der Waals surface area contributed by atoms with E-state index in [1.54, 1.807) is 18.2 Å². The van der Waals surface area contributed by atoms with Crippen LogP contribution in [0.4, 0.5) is 0 Å². The Morgan fingerprint density at radius 1 is 1.16 bits per heavy atom. The highest BCUT2D eigenvalue weighted by Crippen LogP contribution is 2.33. The topological polar surface area (TPSA) is 95.7 Å². The molecular weight excluding hydrogens is 326 g/mol. The van der Waals surface area contributed by atoms with Gasteiger partial charge in [0.05, 0.1) is 12.1 Å². The summed E-state index contributed by atoms with van der Waals surface area (Å²) in [5.74, 6) is 2.11. The van der Waals surface area contributed by atoms with Crippen molar-refractivity contribution < 1.29 is 23.5 Å². The lowest BCUT2D eigenvalue weighted by Crippen LogP contribution is -2.25. The van der Waals surface area contributed by atoms with Crippen molar-refractivity contribution in [1.82, 2.24) is 15.5 Å². The monoisotopic (exact) mass is 345 g/mol. The molecule has 0 aliphatic carbocycles. The molecule has 0 bridgehead atoms. The summed E-state index contributed by atoms with van der Waals surface area (Å²) in [6.45, 7) is 2.50. The fraction of sp³-hybridized carbons (Fsp3) is 0.471. The van der Waals surface area contributed by atoms with E-state index in [2.05, 4.69) is 15.5 Å². The molecule has 1 N–H and O–H groups in total. The first-order valence-electron chi connectivity index (χ1n) is 8.38. The van der Waals surface area contributed by atoms with Crippen LogP contribution in [-0.2, 0) is 11.3 Å². The number of carbonyl (C=O) groups excluding carboxylic acids is 1. The zero-order chi connectivity index (χ0) is 17.1. The van der Waals surface area contributed by atoms with Gasteiger partial charge in [-0.15, -0.1) is 0 Å². The van der Waals surface area contributed by atoms with Crippen LogP contribution in [0.25, 0.3) is 0 Å². The number of benzene rings is 1. The third-order valence-corrected chi connectivity index (χ3v) is 4.28. The summed E-state index contributed by atoms with van der Waals surface area (Å²) in [6, 6.07) is 5.24. The van der Waals surface area contributed by atoms with E-state index in [0.717, 1.165) is 12.8 Å². The number of hydrogen-bond donors (Lipinski definition) is 1. The number of rotatable bonds is 4. The van der Waals surface area contributed by atoms with E-state index in [4.69, 9.17) is 18.7 Å². The van der Waals surface area contributed by atoms with Crippen LogP contribution >= 0.6 is 0 Å². The van der Waals surface area contributed by atoms with Crippen LogP contribution in [0.15, 0.2) is 22.7 Å². The van der Waals surface area contributed by atoms with Gasteiger partial charge in [0.25, 0.3) is 5.91 Å². The Morgan fingerprint density at radius 2 is 2.00 bits per heavy atom. The molecule has 8 nitrogen and oxygen atoms in total. The molecule has 8 heteroatoms. The maximum atomic E-state index is 12.4. The van der Waals surface area contributed by atoms with Gasteiger partial charge in [-0.3, -0.25) is 4.79 Å². The number of hydrogen-bond acceptors (Lipinski definition) is 7. The zero-order valence-corrected chi connectivity index (χ0v) is 13.7. The normalized spacial score (nSPS) is 17.3. The number of amides is 1. The lowest BCUT2D eigenvalue weighted by Gasteiger charge is -2.20. The number of aromatic nitrogens is 2. The van der Waals surface area contributed by atoms with Crippen LogP contribution < -0.4 is 14.8 Å². The van der Waals surface area contributed by atoms with Crippen LogP contribution in [0.2, 0.25) is 0 Å². The highest BCUT2D eigenvalue weighted by atomic mass is 16.6. The minimum Gasteiger partial charge on any atom is -0.486 e. The van der Waals surface area contributed by atoms with Gasteiger partial charge in [-0.1, -0.05) is 11.2 Å². The van der Waals surface area contributed by atoms with Gasteiger partial charge < -0.3 is 24.1 Å². The second-order valence-electron chi connectivity index (χ2n) is 5.95. The first-order valence-corrected chi connectivity index (χ1v) is 8.38. The van der Waals surface area contributed by atoms with Gasteiger partial charge >= 0.3 is 0 Å². The highest BCUT2D eigenvalue weighted by molar-refractivity contribution is 5.97. The quantitative estimate of drug-likeness (QED) is 0.900. The van der Waals surface area contributed by atoms with Gasteiger partial charge in [-0.05, 0) is 25.0 Å². The highest BCUT2D eigenvalue weighted by Gasteiger charge is 2.23. The second-order valence-corrected chi connectivity index (χ2v) is 5.95. The van der Waals surface area contributed by atoms with E-state index < -0.39 is 0 Å². The molecule has 4 rings (SSSR count). The molecule has 0 unspecified atom stereocenters. The molecule has 1 saturated heterocycles. The molecule has 1 aromatic heterocycles. The Hall–Kier alpha value is -2.61. The molecule has 2 aliphatic heterocycles. The van der Waals surface area contributed by atoms with Gasteiger partial charge in [-0.2, -0.15) is 4.98 Å². The summed E-state index contributed by atoms with van der Waals surface area (Å²) in [4.78, 5) is 16.8. The average molecular weight is 345 g/mol. The van der Waals surface area contributed by atoms with Crippen molar-refractivity contribution in [3.05, 3.63) is 35.5 Å². The lowest BCUT2D eigenvalue weighted by atomic mass is 10.00. The molecule has 1 aromatic carbocycles. The van der Waals surface area contributed by atoms with Crippen molar-refractivity contribution in [3.63, 3.8) is 0 Å². The number of fused-ring (bicyclic) bond motifs is 1. The molecule has 2 aliphatic rings. The van der Waals surface area contributed by atoms with E-state index in [-0.39, 0.29) is 18.4 Å². The predicted octanol–water partition coefficient (Wildman–Crippen LogP) is 1.66. The van der Waals surface area contributed by atoms with Crippen molar-refractivity contribution in [2.75, 3.05) is 26.4 Å². The first-order chi connectivity index (χ1) is 12.3. The summed E-state index contributed by atoms with van der Waals surface area (Å²) in [7, 11) is 0. The minimum atomic E-state index is -0.270. The molecule has 25 heavy (non-hydrogen) atoms. The third-order valence-electron chi connectivity index (χ3n) is 4.28. The third kappa shape index (κ3) is 3.43. The van der Waals surface area contributed by atoms with Crippen LogP contribution in [-0.4, -0.2) is 42.5 Å². The number of nitrogens with zero attached hydrogens (tertiary/aromatic N) is 2. The Balaban J connectivity index is 1.40. The molecule has 1 fully saturated rings. The van der Waals surface area contributed by atoms with E-state index in [1.165, 1.54) is 0 Å². The molecule has 0 saturated carbocycles. The van der Waals surface area contributed by atoms with Gasteiger partial charge in [0, 0.05) is 19.1 Å². The van der Waals surface area contributed by atoms with Crippen LogP contribution in [0.1, 0.15) is 40.8 Å². The molecule has 0 spiro atoms. The Morgan fingerprint density at radius 3 is 2.88 bits per heavy atom. The SMILES string of the molecule is O=C(NCc1nc(C2CCOCC2)no1)c1cccc2c1OCCO2. The summed E-state index contributed by atoms with van der Waals surface area (Å²) in [6.07, 6.45) is 1.78. The standard InChI is InChI=1S/C17H19N3O5/c21-17(12-2-1-3-13-15(12)24-9-8-23-13)18-10-14-19-16(20-25-14)11-4-6-22-7-5-11/h1-3,11H,4-10H2,(H,18,21). The lowest BCUT2D eigenvalue weighted by molar-refractivity contribution is 0.0830. The first kappa shape index (κ1) is 15.9. The van der Waals surface area contributed by atoms with Crippen molar-refractivity contribution in [2.45, 2.75) is 25.3 Å². The minimum absolute atomic E-state index is 0.166.